The summed E-state index contributed by atoms with van der Waals surface area (Å²) in [4.78, 5) is 52.4. The number of Topliss-reactive ketones (excluding diaryl/α,β-unsaturated/α-hetero) is 1. The van der Waals surface area contributed by atoms with Crippen LogP contribution in [0.3, 0.4) is 0 Å². The summed E-state index contributed by atoms with van der Waals surface area (Å²) in [5.74, 6) is -0.326. The number of nitrogens with one attached hydrogen (secondary N) is 1. The van der Waals surface area contributed by atoms with Crippen molar-refractivity contribution in [2.45, 2.75) is 73.4 Å². The van der Waals surface area contributed by atoms with Gasteiger partial charge in [-0.1, -0.05) is 41.5 Å². The summed E-state index contributed by atoms with van der Waals surface area (Å²) in [6, 6.07) is -0.846. The molecule has 0 aromatic rings. The van der Waals surface area contributed by atoms with E-state index in [0.717, 1.165) is 0 Å². The third-order valence-corrected chi connectivity index (χ3v) is 6.95. The maximum atomic E-state index is 12.9. The molecule has 1 N–H and O–H groups in total. The lowest BCUT2D eigenvalue weighted by Gasteiger charge is -2.32. The van der Waals surface area contributed by atoms with Gasteiger partial charge in [0.25, 0.3) is 0 Å². The van der Waals surface area contributed by atoms with Crippen LogP contribution in [0, 0.1) is 17.3 Å². The minimum Gasteiger partial charge on any atom is -0.378 e. The van der Waals surface area contributed by atoms with Gasteiger partial charge in [-0.25, -0.2) is 0 Å². The van der Waals surface area contributed by atoms with Crippen LogP contribution in [0.5, 0.6) is 0 Å². The minimum absolute atomic E-state index is 0.0314. The number of ether oxygens (including phenoxy) is 3. The molecule has 0 bridgehead atoms. The molecule has 1 saturated heterocycles. The van der Waals surface area contributed by atoms with Crippen LogP contribution >= 0.6 is 0 Å². The number of ketones is 1. The fraction of sp³-hybridized carbons (Fsp3) is 0.852. The number of carbonyl (C=O) groups excluding carboxylic acids is 4. The molecule has 3 atom stereocenters. The Bertz CT molecular complexity index is 758. The van der Waals surface area contributed by atoms with Gasteiger partial charge in [-0.2, -0.15) is 0 Å². The Morgan fingerprint density at radius 3 is 1.97 bits per heavy atom. The molecular weight excluding hydrogens is 478 g/mol. The van der Waals surface area contributed by atoms with Gasteiger partial charge in [-0.3, -0.25) is 29.0 Å². The van der Waals surface area contributed by atoms with Crippen molar-refractivity contribution < 1.29 is 33.4 Å². The van der Waals surface area contributed by atoms with Crippen molar-refractivity contribution in [1.29, 1.82) is 0 Å². The van der Waals surface area contributed by atoms with Gasteiger partial charge in [0, 0.05) is 13.0 Å². The standard InChI is InChI=1S/C27H49N3O7/c1-9-27(7)18-22(32)30(26(27)34)11-13-36-15-17-37-16-14-35-12-10-29(8)24(20(4)5)25(33)28-23(19(2)3)21(6)31/h19-20,23-24H,9-18H2,1-8H3,(H,28,33)/t23-,24?,27?/m0/s1. The van der Waals surface area contributed by atoms with Gasteiger partial charge in [0.15, 0.2) is 5.78 Å². The summed E-state index contributed by atoms with van der Waals surface area (Å²) in [6.07, 6.45) is 0.916. The largest absolute Gasteiger partial charge is 0.378 e. The van der Waals surface area contributed by atoms with Crippen LogP contribution in [-0.2, 0) is 33.4 Å². The molecule has 1 rings (SSSR count). The summed E-state index contributed by atoms with van der Waals surface area (Å²) in [5, 5.41) is 2.90. The molecule has 1 aliphatic rings. The number of amides is 3. The third-order valence-electron chi connectivity index (χ3n) is 6.95. The average molecular weight is 528 g/mol. The average Bonchev–Trinajstić information content (AvgIpc) is 3.03. The number of hydrogen-bond donors (Lipinski definition) is 1. The van der Waals surface area contributed by atoms with Gasteiger partial charge in [-0.05, 0) is 32.2 Å². The van der Waals surface area contributed by atoms with Crippen molar-refractivity contribution in [3.05, 3.63) is 0 Å². The topological polar surface area (TPSA) is 114 Å². The summed E-state index contributed by atoms with van der Waals surface area (Å²) in [6.45, 7) is 16.2. The molecule has 0 aromatic heterocycles. The lowest BCUT2D eigenvalue weighted by Crippen LogP contribution is -2.54. The Morgan fingerprint density at radius 1 is 0.973 bits per heavy atom. The Balaban J connectivity index is 2.19. The maximum absolute atomic E-state index is 12.9. The highest BCUT2D eigenvalue weighted by Gasteiger charge is 2.46. The van der Waals surface area contributed by atoms with Crippen LogP contribution in [0.1, 0.15) is 61.3 Å². The van der Waals surface area contributed by atoms with Gasteiger partial charge < -0.3 is 19.5 Å². The minimum atomic E-state index is -0.580. The van der Waals surface area contributed by atoms with Crippen LogP contribution < -0.4 is 5.32 Å². The molecule has 0 aliphatic carbocycles. The zero-order valence-electron chi connectivity index (χ0n) is 24.1. The van der Waals surface area contributed by atoms with Crippen molar-refractivity contribution in [1.82, 2.24) is 15.1 Å². The molecule has 0 saturated carbocycles. The molecular formula is C27H49N3O7. The third kappa shape index (κ3) is 10.4. The predicted molar refractivity (Wildman–Crippen MR) is 141 cm³/mol. The maximum Gasteiger partial charge on any atom is 0.238 e. The summed E-state index contributed by atoms with van der Waals surface area (Å²) in [7, 11) is 1.88. The van der Waals surface area contributed by atoms with E-state index in [0.29, 0.717) is 52.6 Å². The van der Waals surface area contributed by atoms with E-state index in [-0.39, 0.29) is 54.3 Å². The molecule has 10 heteroatoms. The number of hydrogen-bond acceptors (Lipinski definition) is 8. The predicted octanol–water partition coefficient (Wildman–Crippen LogP) is 1.90. The lowest BCUT2D eigenvalue weighted by atomic mass is 9.86. The SMILES string of the molecule is CCC1(C)CC(=O)N(CCOCCOCCOCCN(C)C(C(=O)N[C@H](C(C)=O)C(C)C)C(C)C)C1=O. The first-order valence-corrected chi connectivity index (χ1v) is 13.4. The monoisotopic (exact) mass is 527 g/mol. The Kier molecular flexibility index (Phi) is 14.5. The van der Waals surface area contributed by atoms with E-state index in [9.17, 15) is 19.2 Å². The second-order valence-electron chi connectivity index (χ2n) is 10.8. The molecule has 0 spiro atoms. The zero-order valence-corrected chi connectivity index (χ0v) is 24.1. The highest BCUT2D eigenvalue weighted by Crippen LogP contribution is 2.35. The van der Waals surface area contributed by atoms with Crippen LogP contribution in [-0.4, -0.2) is 105 Å². The Labute approximate surface area is 222 Å². The molecule has 0 aromatic carbocycles. The van der Waals surface area contributed by atoms with Crippen molar-refractivity contribution in [2.24, 2.45) is 17.3 Å². The smallest absolute Gasteiger partial charge is 0.238 e. The summed E-state index contributed by atoms with van der Waals surface area (Å²) in [5.41, 5.74) is -0.580. The van der Waals surface area contributed by atoms with Crippen molar-refractivity contribution in [3.63, 3.8) is 0 Å². The van der Waals surface area contributed by atoms with E-state index in [4.69, 9.17) is 14.2 Å². The first kappa shape index (κ1) is 33.1. The van der Waals surface area contributed by atoms with Crippen molar-refractivity contribution in [2.75, 3.05) is 59.8 Å². The normalized spacial score (nSPS) is 19.8. The second kappa shape index (κ2) is 16.2. The summed E-state index contributed by atoms with van der Waals surface area (Å²) >= 11 is 0. The van der Waals surface area contributed by atoms with Crippen LogP contribution in [0.2, 0.25) is 0 Å². The quantitative estimate of drug-likeness (QED) is 0.200. The van der Waals surface area contributed by atoms with E-state index < -0.39 is 11.5 Å². The van der Waals surface area contributed by atoms with Gasteiger partial charge >= 0.3 is 0 Å². The van der Waals surface area contributed by atoms with E-state index in [2.05, 4.69) is 5.32 Å². The van der Waals surface area contributed by atoms with Gasteiger partial charge in [0.2, 0.25) is 17.7 Å². The van der Waals surface area contributed by atoms with Crippen molar-refractivity contribution in [3.8, 4) is 0 Å². The van der Waals surface area contributed by atoms with Crippen LogP contribution in [0.4, 0.5) is 0 Å². The van der Waals surface area contributed by atoms with Crippen LogP contribution in [0.15, 0.2) is 0 Å². The molecule has 3 amide bonds. The zero-order chi connectivity index (χ0) is 28.2. The molecule has 0 radical (unpaired) electrons. The molecule has 1 aliphatic heterocycles. The fourth-order valence-corrected chi connectivity index (χ4v) is 4.48. The number of rotatable bonds is 19. The van der Waals surface area contributed by atoms with E-state index in [1.807, 2.05) is 53.5 Å². The van der Waals surface area contributed by atoms with Crippen LogP contribution in [0.25, 0.3) is 0 Å². The summed E-state index contributed by atoms with van der Waals surface area (Å²) < 4.78 is 16.7. The molecule has 2 unspecified atom stereocenters. The Morgan fingerprint density at radius 2 is 1.51 bits per heavy atom. The lowest BCUT2D eigenvalue weighted by molar-refractivity contribution is -0.142. The first-order chi connectivity index (χ1) is 17.4. The molecule has 1 heterocycles. The number of carbonyl (C=O) groups is 4. The van der Waals surface area contributed by atoms with Gasteiger partial charge in [0.1, 0.15) is 0 Å². The molecule has 10 nitrogen and oxygen atoms in total. The van der Waals surface area contributed by atoms with E-state index in [1.165, 1.54) is 11.8 Å². The highest BCUT2D eigenvalue weighted by atomic mass is 16.5. The Hall–Kier alpha value is -1.88. The number of imide groups is 1. The fourth-order valence-electron chi connectivity index (χ4n) is 4.48. The highest BCUT2D eigenvalue weighted by molar-refractivity contribution is 6.05. The number of likely N-dealkylation sites (tertiary alicyclic amines) is 1. The first-order valence-electron chi connectivity index (χ1n) is 13.4. The van der Waals surface area contributed by atoms with Gasteiger partial charge in [-0.15, -0.1) is 0 Å². The van der Waals surface area contributed by atoms with E-state index >= 15 is 0 Å². The molecule has 214 valence electrons. The number of likely N-dealkylation sites (N-methyl/N-ethyl adjacent to an activating group) is 1. The number of nitrogens with zero attached hydrogens (tertiary/aromatic N) is 2. The van der Waals surface area contributed by atoms with E-state index in [1.54, 1.807) is 0 Å². The van der Waals surface area contributed by atoms with Gasteiger partial charge in [0.05, 0.1) is 63.7 Å². The molecule has 37 heavy (non-hydrogen) atoms. The van der Waals surface area contributed by atoms with Crippen molar-refractivity contribution >= 4 is 23.5 Å². The second-order valence-corrected chi connectivity index (χ2v) is 10.8. The molecule has 1 fully saturated rings.